The van der Waals surface area contributed by atoms with E-state index < -0.39 is 16.8 Å². The lowest BCUT2D eigenvalue weighted by Crippen LogP contribution is -2.27. The maximum atomic E-state index is 12.9. The van der Waals surface area contributed by atoms with Crippen LogP contribution in [-0.4, -0.2) is 40.4 Å². The summed E-state index contributed by atoms with van der Waals surface area (Å²) in [6.45, 7) is 0. The molecule has 1 amide bonds. The van der Waals surface area contributed by atoms with Gasteiger partial charge >= 0.3 is 5.97 Å². The van der Waals surface area contributed by atoms with Crippen LogP contribution in [0.5, 0.6) is 11.5 Å². The molecule has 30 heavy (non-hydrogen) atoms. The number of nitro benzene ring substituents is 1. The minimum Gasteiger partial charge on any atom is -0.493 e. The first-order valence-electron chi connectivity index (χ1n) is 8.28. The Kier molecular flexibility index (Phi) is 6.04. The summed E-state index contributed by atoms with van der Waals surface area (Å²) < 4.78 is 10.5. The van der Waals surface area contributed by atoms with Crippen LogP contribution in [-0.2, 0) is 4.79 Å². The lowest BCUT2D eigenvalue weighted by molar-refractivity contribution is -0.385. The number of thioether (sulfide) groups is 1. The molecule has 1 heterocycles. The summed E-state index contributed by atoms with van der Waals surface area (Å²) in [5, 5.41) is 20.7. The third-order valence-corrected chi connectivity index (χ3v) is 5.46. The second kappa shape index (κ2) is 8.51. The number of hydrogen-bond acceptors (Lipinski definition) is 8. The van der Waals surface area contributed by atoms with E-state index in [0.29, 0.717) is 5.69 Å². The number of hydrogen-bond donors (Lipinski definition) is 1. The zero-order valence-corrected chi connectivity index (χ0v) is 17.3. The van der Waals surface area contributed by atoms with E-state index >= 15 is 0 Å². The van der Waals surface area contributed by atoms with Gasteiger partial charge in [0, 0.05) is 0 Å². The van der Waals surface area contributed by atoms with Gasteiger partial charge in [-0.15, -0.1) is 0 Å². The van der Waals surface area contributed by atoms with Crippen molar-refractivity contribution in [3.63, 3.8) is 0 Å². The number of carbonyl (C=O) groups is 2. The molecule has 0 aromatic heterocycles. The van der Waals surface area contributed by atoms with Crippen molar-refractivity contribution < 1.29 is 29.1 Å². The van der Waals surface area contributed by atoms with Gasteiger partial charge < -0.3 is 14.6 Å². The molecular formula is C19H14N2O7S2. The molecule has 0 unspecified atom stereocenters. The van der Waals surface area contributed by atoms with E-state index in [9.17, 15) is 19.7 Å². The number of ether oxygens (including phenoxy) is 2. The zero-order chi connectivity index (χ0) is 22.0. The molecule has 2 aromatic rings. The van der Waals surface area contributed by atoms with Crippen molar-refractivity contribution in [3.8, 4) is 11.5 Å². The van der Waals surface area contributed by atoms with Gasteiger partial charge in [0.05, 0.1) is 46.9 Å². The second-order valence-electron chi connectivity index (χ2n) is 5.90. The number of carboxylic acid groups (broad SMARTS) is 1. The molecule has 0 spiro atoms. The number of thiocarbonyl (C=S) groups is 1. The van der Waals surface area contributed by atoms with Crippen LogP contribution in [0.3, 0.4) is 0 Å². The third kappa shape index (κ3) is 3.98. The molecule has 1 fully saturated rings. The van der Waals surface area contributed by atoms with E-state index in [1.807, 2.05) is 0 Å². The highest BCUT2D eigenvalue weighted by molar-refractivity contribution is 8.27. The van der Waals surface area contributed by atoms with Crippen molar-refractivity contribution in [2.24, 2.45) is 0 Å². The molecule has 3 rings (SSSR count). The van der Waals surface area contributed by atoms with E-state index in [4.69, 9.17) is 26.8 Å². The van der Waals surface area contributed by atoms with Crippen molar-refractivity contribution >= 4 is 57.6 Å². The van der Waals surface area contributed by atoms with Gasteiger partial charge in [-0.2, -0.15) is 0 Å². The fourth-order valence-electron chi connectivity index (χ4n) is 2.77. The average molecular weight is 446 g/mol. The Bertz CT molecular complexity index is 1110. The molecule has 0 radical (unpaired) electrons. The van der Waals surface area contributed by atoms with Crippen molar-refractivity contribution in [1.82, 2.24) is 0 Å². The predicted octanol–water partition coefficient (Wildman–Crippen LogP) is 3.72. The predicted molar refractivity (Wildman–Crippen MR) is 115 cm³/mol. The average Bonchev–Trinajstić information content (AvgIpc) is 3.00. The maximum absolute atomic E-state index is 12.9. The molecule has 0 atom stereocenters. The largest absolute Gasteiger partial charge is 0.493 e. The molecule has 1 N–H and O–H groups in total. The monoisotopic (exact) mass is 446 g/mol. The number of aromatic carboxylic acids is 1. The van der Waals surface area contributed by atoms with E-state index in [1.54, 1.807) is 6.07 Å². The van der Waals surface area contributed by atoms with Crippen LogP contribution in [0.15, 0.2) is 41.3 Å². The van der Waals surface area contributed by atoms with Crippen LogP contribution in [0.25, 0.3) is 6.08 Å². The smallest absolute Gasteiger partial charge is 0.335 e. The first-order valence-corrected chi connectivity index (χ1v) is 9.51. The summed E-state index contributed by atoms with van der Waals surface area (Å²) in [6.07, 6.45) is 1.35. The molecule has 9 nitrogen and oxygen atoms in total. The number of nitrogens with zero attached hydrogens (tertiary/aromatic N) is 2. The highest BCUT2D eigenvalue weighted by Gasteiger charge is 2.34. The summed E-state index contributed by atoms with van der Waals surface area (Å²) >= 11 is 6.23. The van der Waals surface area contributed by atoms with Crippen molar-refractivity contribution in [2.45, 2.75) is 0 Å². The third-order valence-electron chi connectivity index (χ3n) is 4.16. The van der Waals surface area contributed by atoms with Gasteiger partial charge in [0.2, 0.25) is 0 Å². The Labute approximate surface area is 180 Å². The quantitative estimate of drug-likeness (QED) is 0.306. The Morgan fingerprint density at radius 3 is 2.50 bits per heavy atom. The maximum Gasteiger partial charge on any atom is 0.335 e. The van der Waals surface area contributed by atoms with E-state index in [0.717, 1.165) is 11.8 Å². The van der Waals surface area contributed by atoms with Crippen LogP contribution >= 0.6 is 24.0 Å². The molecule has 0 saturated carbocycles. The summed E-state index contributed by atoms with van der Waals surface area (Å²) in [5.41, 5.74) is 0.159. The normalized spacial score (nSPS) is 14.9. The van der Waals surface area contributed by atoms with Gasteiger partial charge in [-0.25, -0.2) is 4.79 Å². The van der Waals surface area contributed by atoms with Crippen LogP contribution in [0.2, 0.25) is 0 Å². The van der Waals surface area contributed by atoms with E-state index in [2.05, 4.69) is 0 Å². The number of anilines is 1. The number of carbonyl (C=O) groups excluding carboxylic acids is 1. The summed E-state index contributed by atoms with van der Waals surface area (Å²) in [6, 6.07) is 8.39. The minimum absolute atomic E-state index is 0.000980. The Balaban J connectivity index is 2.05. The zero-order valence-electron chi connectivity index (χ0n) is 15.6. The van der Waals surface area contributed by atoms with Crippen LogP contribution in [0.1, 0.15) is 15.9 Å². The Morgan fingerprint density at radius 2 is 1.90 bits per heavy atom. The lowest BCUT2D eigenvalue weighted by Gasteiger charge is -2.14. The second-order valence-corrected chi connectivity index (χ2v) is 7.57. The first-order chi connectivity index (χ1) is 14.3. The topological polar surface area (TPSA) is 119 Å². The number of amides is 1. The van der Waals surface area contributed by atoms with Crippen molar-refractivity contribution in [3.05, 3.63) is 62.5 Å². The molecule has 1 aliphatic rings. The van der Waals surface area contributed by atoms with Crippen LogP contribution in [0.4, 0.5) is 11.4 Å². The molecule has 154 valence electrons. The number of methoxy groups -OCH3 is 2. The van der Waals surface area contributed by atoms with Gasteiger partial charge in [0.15, 0.2) is 15.8 Å². The van der Waals surface area contributed by atoms with E-state index in [-0.39, 0.29) is 37.5 Å². The fourth-order valence-corrected chi connectivity index (χ4v) is 4.06. The number of carboxylic acids is 1. The number of nitro groups is 1. The molecule has 0 aliphatic carbocycles. The summed E-state index contributed by atoms with van der Waals surface area (Å²) in [4.78, 5) is 36.4. The summed E-state index contributed by atoms with van der Waals surface area (Å²) in [7, 11) is 2.75. The fraction of sp³-hybridized carbons (Fsp3) is 0.105. The number of rotatable bonds is 6. The Morgan fingerprint density at radius 1 is 1.23 bits per heavy atom. The summed E-state index contributed by atoms with van der Waals surface area (Å²) in [5.74, 6) is -1.21. The van der Waals surface area contributed by atoms with E-state index in [1.165, 1.54) is 55.5 Å². The van der Waals surface area contributed by atoms with Gasteiger partial charge in [0.25, 0.3) is 11.6 Å². The minimum atomic E-state index is -1.14. The van der Waals surface area contributed by atoms with Crippen molar-refractivity contribution in [2.75, 3.05) is 19.1 Å². The van der Waals surface area contributed by atoms with Crippen LogP contribution in [0, 0.1) is 10.1 Å². The SMILES string of the molecule is COc1cc(/C=C2\SC(=S)N(c3cccc(C(=O)O)c3)C2=O)c([N+](=O)[O-])cc1OC. The van der Waals surface area contributed by atoms with Gasteiger partial charge in [-0.1, -0.05) is 30.0 Å². The first kappa shape index (κ1) is 21.3. The molecule has 2 aromatic carbocycles. The lowest BCUT2D eigenvalue weighted by atomic mass is 10.1. The molecule has 1 aliphatic heterocycles. The highest BCUT2D eigenvalue weighted by Crippen LogP contribution is 2.40. The van der Waals surface area contributed by atoms with Crippen molar-refractivity contribution in [1.29, 1.82) is 0 Å². The standard InChI is InChI=1S/C19H14N2O7S2/c1-27-14-7-11(13(21(25)26)9-15(14)28-2)8-16-17(22)20(19(29)30-16)12-5-3-4-10(6-12)18(23)24/h3-9H,1-2H3,(H,23,24)/b16-8-. The molecule has 11 heteroatoms. The van der Waals surface area contributed by atoms with Gasteiger partial charge in [0.1, 0.15) is 0 Å². The van der Waals surface area contributed by atoms with Gasteiger partial charge in [-0.3, -0.25) is 19.8 Å². The number of benzene rings is 2. The highest BCUT2D eigenvalue weighted by atomic mass is 32.2. The Hall–Kier alpha value is -3.44. The molecule has 0 bridgehead atoms. The van der Waals surface area contributed by atoms with Crippen LogP contribution < -0.4 is 14.4 Å². The molecular weight excluding hydrogens is 432 g/mol. The van der Waals surface area contributed by atoms with Gasteiger partial charge in [-0.05, 0) is 30.3 Å². The molecule has 1 saturated heterocycles.